The van der Waals surface area contributed by atoms with Crippen LogP contribution in [0.25, 0.3) is 0 Å². The Labute approximate surface area is 100 Å². The lowest BCUT2D eigenvalue weighted by Crippen LogP contribution is -1.73. The largest absolute Gasteiger partial charge is 0.192 e. The van der Waals surface area contributed by atoms with E-state index in [0.717, 1.165) is 17.5 Å². The number of hydrogen-bond donors (Lipinski definition) is 0. The van der Waals surface area contributed by atoms with Crippen LogP contribution in [0.4, 0.5) is 0 Å². The lowest BCUT2D eigenvalue weighted by atomic mass is 10.2. The summed E-state index contributed by atoms with van der Waals surface area (Å²) in [4.78, 5) is 0. The van der Waals surface area contributed by atoms with Crippen LogP contribution in [0.1, 0.15) is 45.2 Å². The van der Waals surface area contributed by atoms with Crippen LogP contribution in [0.5, 0.6) is 0 Å². The van der Waals surface area contributed by atoms with Crippen LogP contribution in [-0.4, -0.2) is 0 Å². The number of nitriles is 1. The van der Waals surface area contributed by atoms with Gasteiger partial charge in [0.2, 0.25) is 0 Å². The number of aryl methyl sites for hydroxylation is 1. The Morgan fingerprint density at radius 1 is 1.38 bits per heavy atom. The molecule has 0 saturated heterocycles. The molecule has 0 unspecified atom stereocenters. The van der Waals surface area contributed by atoms with Gasteiger partial charge in [0.05, 0.1) is 11.6 Å². The normalized spacial score (nSPS) is 7.50. The summed E-state index contributed by atoms with van der Waals surface area (Å²) in [5.41, 5.74) is 3.12. The summed E-state index contributed by atoms with van der Waals surface area (Å²) >= 11 is 0. The zero-order chi connectivity index (χ0) is 13.0. The van der Waals surface area contributed by atoms with Crippen molar-refractivity contribution in [2.75, 3.05) is 0 Å². The van der Waals surface area contributed by atoms with Crippen molar-refractivity contribution in [1.82, 2.24) is 0 Å². The molecule has 0 amide bonds. The Morgan fingerprint density at radius 3 is 2.12 bits per heavy atom. The molecule has 0 aliphatic rings. The van der Waals surface area contributed by atoms with Crippen LogP contribution in [0.2, 0.25) is 0 Å². The van der Waals surface area contributed by atoms with Crippen molar-refractivity contribution < 1.29 is 0 Å². The van der Waals surface area contributed by atoms with Gasteiger partial charge in [-0.3, -0.25) is 0 Å². The highest BCUT2D eigenvalue weighted by Crippen LogP contribution is 2.00. The van der Waals surface area contributed by atoms with Crippen molar-refractivity contribution >= 4 is 0 Å². The first-order valence-electron chi connectivity index (χ1n) is 5.71. The quantitative estimate of drug-likeness (QED) is 0.616. The van der Waals surface area contributed by atoms with E-state index in [4.69, 9.17) is 5.26 Å². The molecule has 0 bridgehead atoms. The van der Waals surface area contributed by atoms with Crippen LogP contribution in [-0.2, 0) is 0 Å². The Kier molecular flexibility index (Phi) is 12.1. The molecule has 0 N–H and O–H groups in total. The van der Waals surface area contributed by atoms with Gasteiger partial charge in [0, 0.05) is 0 Å². The van der Waals surface area contributed by atoms with E-state index in [0.29, 0.717) is 0 Å². The predicted molar refractivity (Wildman–Crippen MR) is 72.3 cm³/mol. The van der Waals surface area contributed by atoms with Crippen molar-refractivity contribution in [3.8, 4) is 6.07 Å². The minimum absolute atomic E-state index is 0.731. The summed E-state index contributed by atoms with van der Waals surface area (Å²) in [7, 11) is 0. The highest BCUT2D eigenvalue weighted by Gasteiger charge is 1.86. The van der Waals surface area contributed by atoms with Crippen LogP contribution in [0, 0.1) is 18.3 Å². The van der Waals surface area contributed by atoms with Crippen molar-refractivity contribution in [3.05, 3.63) is 47.5 Å². The van der Waals surface area contributed by atoms with Gasteiger partial charge < -0.3 is 0 Å². The molecule has 88 valence electrons. The molecule has 1 aromatic carbocycles. The molecule has 1 rings (SSSR count). The molecule has 1 aromatic rings. The molecule has 16 heavy (non-hydrogen) atoms. The molecule has 0 fully saturated rings. The molecule has 0 spiro atoms. The number of rotatable bonds is 1. The lowest BCUT2D eigenvalue weighted by molar-refractivity contribution is 1.11. The molecular formula is C15H23N. The molecule has 0 aliphatic carbocycles. The maximum Gasteiger partial charge on any atom is 0.0991 e. The summed E-state index contributed by atoms with van der Waals surface area (Å²) in [5.74, 6) is 0. The van der Waals surface area contributed by atoms with Gasteiger partial charge in [-0.15, -0.1) is 6.58 Å². The second-order valence-electron chi connectivity index (χ2n) is 3.29. The first-order valence-corrected chi connectivity index (χ1v) is 5.71. The fraction of sp³-hybridized carbons (Fsp3) is 0.400. The van der Waals surface area contributed by atoms with E-state index in [2.05, 4.69) is 19.6 Å². The molecule has 0 aromatic heterocycles. The Balaban J connectivity index is 0. The minimum atomic E-state index is 0.731. The summed E-state index contributed by atoms with van der Waals surface area (Å²) in [6.45, 7) is 13.8. The number of hydrogen-bond acceptors (Lipinski definition) is 1. The topological polar surface area (TPSA) is 23.8 Å². The van der Waals surface area contributed by atoms with Gasteiger partial charge >= 0.3 is 0 Å². The van der Waals surface area contributed by atoms with Gasteiger partial charge in [-0.05, 0) is 38.0 Å². The lowest BCUT2D eigenvalue weighted by Gasteiger charge is -1.88. The molecular weight excluding hydrogens is 194 g/mol. The molecule has 0 heterocycles. The maximum absolute atomic E-state index is 8.41. The van der Waals surface area contributed by atoms with E-state index in [9.17, 15) is 0 Å². The molecule has 0 aliphatic heterocycles. The predicted octanol–water partition coefficient (Wildman–Crippen LogP) is 4.87. The van der Waals surface area contributed by atoms with E-state index in [1.807, 2.05) is 45.9 Å². The molecule has 1 heteroatoms. The van der Waals surface area contributed by atoms with Crippen LogP contribution in [0.3, 0.4) is 0 Å². The molecule has 0 atom stereocenters. The van der Waals surface area contributed by atoms with E-state index >= 15 is 0 Å². The molecule has 0 radical (unpaired) electrons. The average molecular weight is 217 g/mol. The van der Waals surface area contributed by atoms with Crippen LogP contribution in [0.15, 0.2) is 36.4 Å². The van der Waals surface area contributed by atoms with Gasteiger partial charge in [-0.25, -0.2) is 0 Å². The Morgan fingerprint density at radius 2 is 1.88 bits per heavy atom. The summed E-state index contributed by atoms with van der Waals surface area (Å²) in [5, 5.41) is 8.41. The van der Waals surface area contributed by atoms with E-state index in [1.54, 1.807) is 6.07 Å². The Bertz CT molecular complexity index is 332. The van der Waals surface area contributed by atoms with Gasteiger partial charge in [0.1, 0.15) is 0 Å². The summed E-state index contributed by atoms with van der Waals surface area (Å²) < 4.78 is 0. The second-order valence-corrected chi connectivity index (χ2v) is 3.29. The summed E-state index contributed by atoms with van der Waals surface area (Å²) in [6.07, 6.45) is 1.11. The van der Waals surface area contributed by atoms with E-state index in [-0.39, 0.29) is 0 Å². The highest BCUT2D eigenvalue weighted by molar-refractivity contribution is 5.31. The number of nitrogens with zero attached hydrogens (tertiary/aromatic N) is 1. The van der Waals surface area contributed by atoms with Crippen LogP contribution < -0.4 is 0 Å². The first kappa shape index (κ1) is 16.9. The zero-order valence-electron chi connectivity index (χ0n) is 11.2. The number of allylic oxidation sites excluding steroid dienone is 1. The van der Waals surface area contributed by atoms with Crippen molar-refractivity contribution in [2.45, 2.75) is 41.0 Å². The Hall–Kier alpha value is -1.55. The smallest absolute Gasteiger partial charge is 0.0991 e. The van der Waals surface area contributed by atoms with Gasteiger partial charge in [-0.2, -0.15) is 5.26 Å². The standard InChI is InChI=1S/C8H7N.C5H10.C2H6/c1-7-3-2-4-8(5-7)6-9;1-4-5(2)3;1-2/h2-5H,1H3;2,4H2,1,3H3;1-2H3. The van der Waals surface area contributed by atoms with Crippen molar-refractivity contribution in [3.63, 3.8) is 0 Å². The third-order valence-corrected chi connectivity index (χ3v) is 1.75. The fourth-order valence-electron chi connectivity index (χ4n) is 0.715. The van der Waals surface area contributed by atoms with Crippen molar-refractivity contribution in [1.29, 1.82) is 5.26 Å². The zero-order valence-corrected chi connectivity index (χ0v) is 11.2. The molecule has 0 saturated carbocycles. The van der Waals surface area contributed by atoms with Gasteiger partial charge in [0.15, 0.2) is 0 Å². The molecule has 1 nitrogen and oxygen atoms in total. The average Bonchev–Trinajstić information content (AvgIpc) is 2.32. The van der Waals surface area contributed by atoms with Crippen LogP contribution >= 0.6 is 0 Å². The van der Waals surface area contributed by atoms with Crippen molar-refractivity contribution in [2.24, 2.45) is 0 Å². The fourth-order valence-corrected chi connectivity index (χ4v) is 0.715. The summed E-state index contributed by atoms with van der Waals surface area (Å²) in [6, 6.07) is 9.58. The first-order chi connectivity index (χ1) is 7.60. The second kappa shape index (κ2) is 11.5. The number of benzene rings is 1. The third kappa shape index (κ3) is 10.5. The highest BCUT2D eigenvalue weighted by atomic mass is 14.2. The minimum Gasteiger partial charge on any atom is -0.192 e. The van der Waals surface area contributed by atoms with E-state index < -0.39 is 0 Å². The third-order valence-electron chi connectivity index (χ3n) is 1.75. The van der Waals surface area contributed by atoms with Gasteiger partial charge in [-0.1, -0.05) is 38.5 Å². The monoisotopic (exact) mass is 217 g/mol. The van der Waals surface area contributed by atoms with E-state index in [1.165, 1.54) is 5.57 Å². The maximum atomic E-state index is 8.41. The SMILES string of the molecule is C=C(C)CC.CC.Cc1cccc(C#N)c1. The van der Waals surface area contributed by atoms with Gasteiger partial charge in [0.25, 0.3) is 0 Å².